The minimum absolute atomic E-state index is 0.180. The molecular weight excluding hydrogens is 252 g/mol. The molecule has 0 saturated carbocycles. The van der Waals surface area contributed by atoms with Crippen molar-refractivity contribution in [1.82, 2.24) is 9.80 Å². The molecule has 0 aromatic heterocycles. The molecule has 2 atom stereocenters. The summed E-state index contributed by atoms with van der Waals surface area (Å²) in [7, 11) is 5.84. The molecule has 0 amide bonds. The molecular formula is C16H24N2O2. The Morgan fingerprint density at radius 2 is 1.95 bits per heavy atom. The standard InChI is InChI=1S/C16H24N2O2/c1-12-9-18(10-15(12)17(2)3)11-16(19)13-5-7-14(20-4)8-6-13/h5-8,12,15H,9-11H2,1-4H3. The lowest BCUT2D eigenvalue weighted by atomic mass is 10.1. The molecule has 1 aliphatic heterocycles. The lowest BCUT2D eigenvalue weighted by molar-refractivity contribution is 0.0941. The number of hydrogen-bond acceptors (Lipinski definition) is 4. The number of nitrogens with zero attached hydrogens (tertiary/aromatic N) is 2. The number of likely N-dealkylation sites (tertiary alicyclic amines) is 1. The highest BCUT2D eigenvalue weighted by Gasteiger charge is 2.31. The zero-order chi connectivity index (χ0) is 14.7. The summed E-state index contributed by atoms with van der Waals surface area (Å²) in [6.45, 7) is 4.71. The highest BCUT2D eigenvalue weighted by molar-refractivity contribution is 5.97. The number of carbonyl (C=O) groups excluding carboxylic acids is 1. The van der Waals surface area contributed by atoms with Crippen molar-refractivity contribution in [3.63, 3.8) is 0 Å². The highest BCUT2D eigenvalue weighted by atomic mass is 16.5. The van der Waals surface area contributed by atoms with Gasteiger partial charge in [-0.05, 0) is 44.3 Å². The fourth-order valence-electron chi connectivity index (χ4n) is 2.92. The smallest absolute Gasteiger partial charge is 0.176 e. The van der Waals surface area contributed by atoms with Crippen LogP contribution in [0.2, 0.25) is 0 Å². The van der Waals surface area contributed by atoms with Gasteiger partial charge in [-0.25, -0.2) is 0 Å². The first-order chi connectivity index (χ1) is 9.51. The first-order valence-electron chi connectivity index (χ1n) is 7.07. The monoisotopic (exact) mass is 276 g/mol. The van der Waals surface area contributed by atoms with Gasteiger partial charge in [0.15, 0.2) is 5.78 Å². The Labute approximate surface area is 121 Å². The third-order valence-electron chi connectivity index (χ3n) is 4.09. The zero-order valence-electron chi connectivity index (χ0n) is 12.8. The van der Waals surface area contributed by atoms with Crippen LogP contribution in [-0.4, -0.2) is 62.5 Å². The molecule has 0 aliphatic carbocycles. The predicted molar refractivity (Wildman–Crippen MR) is 80.4 cm³/mol. The lowest BCUT2D eigenvalue weighted by Gasteiger charge is -2.22. The molecule has 1 aromatic rings. The Hall–Kier alpha value is -1.39. The molecule has 1 heterocycles. The van der Waals surface area contributed by atoms with Crippen molar-refractivity contribution in [3.8, 4) is 5.75 Å². The summed E-state index contributed by atoms with van der Waals surface area (Å²) in [5.41, 5.74) is 0.756. The molecule has 20 heavy (non-hydrogen) atoms. The van der Waals surface area contributed by atoms with Gasteiger partial charge in [0.2, 0.25) is 0 Å². The van der Waals surface area contributed by atoms with Crippen molar-refractivity contribution in [2.45, 2.75) is 13.0 Å². The molecule has 2 rings (SSSR count). The topological polar surface area (TPSA) is 32.8 Å². The van der Waals surface area contributed by atoms with E-state index in [9.17, 15) is 4.79 Å². The van der Waals surface area contributed by atoms with Crippen LogP contribution in [0.1, 0.15) is 17.3 Å². The number of Topliss-reactive ketones (excluding diaryl/α,β-unsaturated/α-hetero) is 1. The van der Waals surface area contributed by atoms with E-state index in [1.807, 2.05) is 24.3 Å². The van der Waals surface area contributed by atoms with Crippen LogP contribution in [0.3, 0.4) is 0 Å². The van der Waals surface area contributed by atoms with Gasteiger partial charge >= 0.3 is 0 Å². The largest absolute Gasteiger partial charge is 0.497 e. The number of hydrogen-bond donors (Lipinski definition) is 0. The average Bonchev–Trinajstić information content (AvgIpc) is 2.79. The second-order valence-electron chi connectivity index (χ2n) is 5.85. The normalized spacial score (nSPS) is 23.2. The van der Waals surface area contributed by atoms with Crippen LogP contribution >= 0.6 is 0 Å². The number of carbonyl (C=O) groups is 1. The van der Waals surface area contributed by atoms with Crippen LogP contribution in [0.15, 0.2) is 24.3 Å². The highest BCUT2D eigenvalue weighted by Crippen LogP contribution is 2.20. The Balaban J connectivity index is 1.95. The predicted octanol–water partition coefficient (Wildman–Crippen LogP) is 1.76. The minimum Gasteiger partial charge on any atom is -0.497 e. The van der Waals surface area contributed by atoms with E-state index in [4.69, 9.17) is 4.74 Å². The SMILES string of the molecule is COc1ccc(C(=O)CN2CC(C)C(N(C)C)C2)cc1. The maximum atomic E-state index is 12.3. The van der Waals surface area contributed by atoms with Gasteiger partial charge in [-0.15, -0.1) is 0 Å². The number of likely N-dealkylation sites (N-methyl/N-ethyl adjacent to an activating group) is 1. The van der Waals surface area contributed by atoms with Gasteiger partial charge in [0.05, 0.1) is 13.7 Å². The zero-order valence-corrected chi connectivity index (χ0v) is 12.8. The van der Waals surface area contributed by atoms with Gasteiger partial charge in [-0.3, -0.25) is 9.69 Å². The molecule has 4 heteroatoms. The minimum atomic E-state index is 0.180. The average molecular weight is 276 g/mol. The summed E-state index contributed by atoms with van der Waals surface area (Å²) in [6, 6.07) is 7.89. The summed E-state index contributed by atoms with van der Waals surface area (Å²) in [4.78, 5) is 16.8. The Morgan fingerprint density at radius 1 is 1.30 bits per heavy atom. The fraction of sp³-hybridized carbons (Fsp3) is 0.562. The third kappa shape index (κ3) is 3.38. The van der Waals surface area contributed by atoms with E-state index in [1.165, 1.54) is 0 Å². The van der Waals surface area contributed by atoms with Crippen molar-refractivity contribution in [2.24, 2.45) is 5.92 Å². The molecule has 0 N–H and O–H groups in total. The molecule has 1 aliphatic rings. The summed E-state index contributed by atoms with van der Waals surface area (Å²) in [5, 5.41) is 0. The van der Waals surface area contributed by atoms with E-state index in [0.29, 0.717) is 18.5 Å². The maximum absolute atomic E-state index is 12.3. The molecule has 1 aromatic carbocycles. The Morgan fingerprint density at radius 3 is 2.45 bits per heavy atom. The van der Waals surface area contributed by atoms with Crippen molar-refractivity contribution < 1.29 is 9.53 Å². The number of benzene rings is 1. The molecule has 0 bridgehead atoms. The van der Waals surface area contributed by atoms with E-state index in [-0.39, 0.29) is 5.78 Å². The van der Waals surface area contributed by atoms with E-state index in [0.717, 1.165) is 24.4 Å². The molecule has 4 nitrogen and oxygen atoms in total. The quantitative estimate of drug-likeness (QED) is 0.767. The second kappa shape index (κ2) is 6.37. The summed E-state index contributed by atoms with van der Waals surface area (Å²) in [5.74, 6) is 1.57. The maximum Gasteiger partial charge on any atom is 0.176 e. The van der Waals surface area contributed by atoms with E-state index in [1.54, 1.807) is 7.11 Å². The number of ketones is 1. The van der Waals surface area contributed by atoms with Crippen LogP contribution in [0.4, 0.5) is 0 Å². The van der Waals surface area contributed by atoms with Gasteiger partial charge in [0.1, 0.15) is 5.75 Å². The fourth-order valence-corrected chi connectivity index (χ4v) is 2.92. The van der Waals surface area contributed by atoms with Gasteiger partial charge < -0.3 is 9.64 Å². The first kappa shape index (κ1) is 15.0. The van der Waals surface area contributed by atoms with E-state index < -0.39 is 0 Å². The molecule has 110 valence electrons. The summed E-state index contributed by atoms with van der Waals surface area (Å²) >= 11 is 0. The molecule has 1 fully saturated rings. The molecule has 2 unspecified atom stereocenters. The van der Waals surface area contributed by atoms with Crippen molar-refractivity contribution >= 4 is 5.78 Å². The van der Waals surface area contributed by atoms with E-state index >= 15 is 0 Å². The molecule has 0 radical (unpaired) electrons. The lowest BCUT2D eigenvalue weighted by Crippen LogP contribution is -2.35. The van der Waals surface area contributed by atoms with Gasteiger partial charge in [0.25, 0.3) is 0 Å². The van der Waals surface area contributed by atoms with Crippen LogP contribution in [0.25, 0.3) is 0 Å². The van der Waals surface area contributed by atoms with Crippen LogP contribution in [0, 0.1) is 5.92 Å². The number of methoxy groups -OCH3 is 1. The van der Waals surface area contributed by atoms with Crippen LogP contribution < -0.4 is 4.74 Å². The van der Waals surface area contributed by atoms with E-state index in [2.05, 4.69) is 30.8 Å². The number of rotatable bonds is 5. The van der Waals surface area contributed by atoms with Crippen LogP contribution in [-0.2, 0) is 0 Å². The van der Waals surface area contributed by atoms with Crippen molar-refractivity contribution in [1.29, 1.82) is 0 Å². The van der Waals surface area contributed by atoms with Gasteiger partial charge in [0, 0.05) is 24.7 Å². The van der Waals surface area contributed by atoms with Crippen molar-refractivity contribution in [3.05, 3.63) is 29.8 Å². The van der Waals surface area contributed by atoms with Gasteiger partial charge in [-0.1, -0.05) is 6.92 Å². The summed E-state index contributed by atoms with van der Waals surface area (Å²) in [6.07, 6.45) is 0. The van der Waals surface area contributed by atoms with Crippen molar-refractivity contribution in [2.75, 3.05) is 40.8 Å². The van der Waals surface area contributed by atoms with Crippen LogP contribution in [0.5, 0.6) is 5.75 Å². The molecule has 0 spiro atoms. The summed E-state index contributed by atoms with van der Waals surface area (Å²) < 4.78 is 5.11. The first-order valence-corrected chi connectivity index (χ1v) is 7.07. The second-order valence-corrected chi connectivity index (χ2v) is 5.85. The Kier molecular flexibility index (Phi) is 4.78. The number of ether oxygens (including phenoxy) is 1. The Bertz CT molecular complexity index is 456. The third-order valence-corrected chi connectivity index (χ3v) is 4.09. The van der Waals surface area contributed by atoms with Gasteiger partial charge in [-0.2, -0.15) is 0 Å². The molecule has 1 saturated heterocycles.